The number of hydrogen-bond acceptors (Lipinski definition) is 5. The minimum atomic E-state index is -0.0718. The number of fused-ring (bicyclic) bond motifs is 3. The molecule has 1 fully saturated rings. The van der Waals surface area contributed by atoms with Crippen LogP contribution in [0.1, 0.15) is 18.5 Å². The van der Waals surface area contributed by atoms with E-state index in [1.54, 1.807) is 22.4 Å². The Hall–Kier alpha value is -3.03. The summed E-state index contributed by atoms with van der Waals surface area (Å²) < 4.78 is 14.5. The number of rotatable bonds is 5. The topological polar surface area (TPSA) is 70.7 Å². The molecule has 7 nitrogen and oxygen atoms in total. The van der Waals surface area contributed by atoms with E-state index in [2.05, 4.69) is 4.98 Å². The molecule has 1 saturated heterocycles. The van der Waals surface area contributed by atoms with Crippen LogP contribution in [0.5, 0.6) is 0 Å². The van der Waals surface area contributed by atoms with E-state index in [1.807, 2.05) is 42.6 Å². The molecule has 0 saturated carbocycles. The highest BCUT2D eigenvalue weighted by Crippen LogP contribution is 2.29. The van der Waals surface area contributed by atoms with Gasteiger partial charge >= 0.3 is 0 Å². The van der Waals surface area contributed by atoms with Crippen molar-refractivity contribution in [3.05, 3.63) is 64.8 Å². The van der Waals surface area contributed by atoms with E-state index >= 15 is 0 Å². The van der Waals surface area contributed by atoms with Crippen LogP contribution in [-0.4, -0.2) is 39.0 Å². The SMILES string of the molecule is COCc1nn2c(ncc3c(=O)n(C[C@@H]4CCCO4)ccc32)c1-c1ccccc1. The summed E-state index contributed by atoms with van der Waals surface area (Å²) in [6.45, 7) is 1.70. The second-order valence-electron chi connectivity index (χ2n) is 7.32. The second kappa shape index (κ2) is 7.42. The summed E-state index contributed by atoms with van der Waals surface area (Å²) in [4.78, 5) is 17.7. The van der Waals surface area contributed by atoms with Gasteiger partial charge in [-0.2, -0.15) is 5.10 Å². The zero-order valence-electron chi connectivity index (χ0n) is 16.2. The van der Waals surface area contributed by atoms with Crippen LogP contribution < -0.4 is 5.56 Å². The molecule has 3 aromatic heterocycles. The average Bonchev–Trinajstić information content (AvgIpc) is 3.38. The predicted octanol–water partition coefficient (Wildman–Crippen LogP) is 3.04. The van der Waals surface area contributed by atoms with Crippen molar-refractivity contribution in [2.75, 3.05) is 13.7 Å². The van der Waals surface area contributed by atoms with Gasteiger partial charge in [0.2, 0.25) is 0 Å². The fourth-order valence-electron chi connectivity index (χ4n) is 4.04. The van der Waals surface area contributed by atoms with E-state index in [0.717, 1.165) is 41.8 Å². The minimum Gasteiger partial charge on any atom is -0.378 e. The van der Waals surface area contributed by atoms with Gasteiger partial charge in [0.25, 0.3) is 5.56 Å². The molecule has 0 spiro atoms. The number of aromatic nitrogens is 4. The Kier molecular flexibility index (Phi) is 4.61. The van der Waals surface area contributed by atoms with E-state index in [0.29, 0.717) is 24.2 Å². The lowest BCUT2D eigenvalue weighted by Gasteiger charge is -2.12. The molecule has 4 aromatic rings. The van der Waals surface area contributed by atoms with Gasteiger partial charge in [-0.05, 0) is 24.5 Å². The van der Waals surface area contributed by atoms with Gasteiger partial charge in [0.1, 0.15) is 0 Å². The molecular weight excluding hydrogens is 368 g/mol. The summed E-state index contributed by atoms with van der Waals surface area (Å²) in [5.41, 5.74) is 4.13. The number of benzene rings is 1. The van der Waals surface area contributed by atoms with Crippen molar-refractivity contribution in [1.82, 2.24) is 19.2 Å². The van der Waals surface area contributed by atoms with Gasteiger partial charge in [-0.25, -0.2) is 9.50 Å². The van der Waals surface area contributed by atoms with Crippen LogP contribution in [-0.2, 0) is 22.6 Å². The highest BCUT2D eigenvalue weighted by molar-refractivity contribution is 5.86. The number of hydrogen-bond donors (Lipinski definition) is 0. The van der Waals surface area contributed by atoms with Gasteiger partial charge in [0.15, 0.2) is 5.65 Å². The maximum atomic E-state index is 13.0. The average molecular weight is 390 g/mol. The monoisotopic (exact) mass is 390 g/mol. The molecule has 7 heteroatoms. The molecule has 0 bridgehead atoms. The molecule has 148 valence electrons. The van der Waals surface area contributed by atoms with Gasteiger partial charge < -0.3 is 14.0 Å². The molecule has 1 aliphatic heterocycles. The molecule has 5 rings (SSSR count). The first-order chi connectivity index (χ1) is 14.3. The van der Waals surface area contributed by atoms with Crippen molar-refractivity contribution in [2.24, 2.45) is 0 Å². The van der Waals surface area contributed by atoms with E-state index < -0.39 is 0 Å². The van der Waals surface area contributed by atoms with Gasteiger partial charge in [-0.15, -0.1) is 0 Å². The lowest BCUT2D eigenvalue weighted by Crippen LogP contribution is -2.26. The van der Waals surface area contributed by atoms with E-state index in [-0.39, 0.29) is 11.7 Å². The Balaban J connectivity index is 1.68. The lowest BCUT2D eigenvalue weighted by molar-refractivity contribution is 0.0963. The zero-order chi connectivity index (χ0) is 19.8. The molecule has 0 aliphatic carbocycles. The molecule has 0 N–H and O–H groups in total. The minimum absolute atomic E-state index is 0.0718. The summed E-state index contributed by atoms with van der Waals surface area (Å²) in [5.74, 6) is 0. The van der Waals surface area contributed by atoms with Crippen LogP contribution in [0, 0.1) is 0 Å². The van der Waals surface area contributed by atoms with Gasteiger partial charge in [-0.1, -0.05) is 30.3 Å². The van der Waals surface area contributed by atoms with Crippen LogP contribution in [0.4, 0.5) is 0 Å². The van der Waals surface area contributed by atoms with Crippen molar-refractivity contribution >= 4 is 16.6 Å². The second-order valence-corrected chi connectivity index (χ2v) is 7.32. The van der Waals surface area contributed by atoms with Crippen molar-refractivity contribution < 1.29 is 9.47 Å². The van der Waals surface area contributed by atoms with Gasteiger partial charge in [0, 0.05) is 26.1 Å². The maximum Gasteiger partial charge on any atom is 0.261 e. The smallest absolute Gasteiger partial charge is 0.261 e. The van der Waals surface area contributed by atoms with Crippen LogP contribution >= 0.6 is 0 Å². The van der Waals surface area contributed by atoms with Gasteiger partial charge in [-0.3, -0.25) is 4.79 Å². The Bertz CT molecular complexity index is 1220. The molecule has 0 amide bonds. The molecule has 29 heavy (non-hydrogen) atoms. The van der Waals surface area contributed by atoms with E-state index in [4.69, 9.17) is 14.6 Å². The highest BCUT2D eigenvalue weighted by atomic mass is 16.5. The molecule has 0 radical (unpaired) electrons. The number of methoxy groups -OCH3 is 1. The Morgan fingerprint density at radius 3 is 2.86 bits per heavy atom. The number of ether oxygens (including phenoxy) is 2. The van der Waals surface area contributed by atoms with Crippen LogP contribution in [0.15, 0.2) is 53.6 Å². The first-order valence-electron chi connectivity index (χ1n) is 9.82. The lowest BCUT2D eigenvalue weighted by atomic mass is 10.1. The van der Waals surface area contributed by atoms with Gasteiger partial charge in [0.05, 0.1) is 41.4 Å². The Morgan fingerprint density at radius 1 is 1.24 bits per heavy atom. The third-order valence-electron chi connectivity index (χ3n) is 5.43. The van der Waals surface area contributed by atoms with E-state index in [9.17, 15) is 4.79 Å². The summed E-state index contributed by atoms with van der Waals surface area (Å²) in [6, 6.07) is 11.9. The fraction of sp³-hybridized carbons (Fsp3) is 0.318. The van der Waals surface area contributed by atoms with Crippen LogP contribution in [0.25, 0.3) is 27.7 Å². The summed E-state index contributed by atoms with van der Waals surface area (Å²) in [5, 5.41) is 5.28. The number of pyridine rings is 1. The van der Waals surface area contributed by atoms with Crippen molar-refractivity contribution in [3.8, 4) is 11.1 Å². The van der Waals surface area contributed by atoms with E-state index in [1.165, 1.54) is 0 Å². The van der Waals surface area contributed by atoms with Crippen molar-refractivity contribution in [3.63, 3.8) is 0 Å². The summed E-state index contributed by atoms with van der Waals surface area (Å²) >= 11 is 0. The maximum absolute atomic E-state index is 13.0. The summed E-state index contributed by atoms with van der Waals surface area (Å²) in [7, 11) is 1.65. The normalized spacial score (nSPS) is 16.8. The largest absolute Gasteiger partial charge is 0.378 e. The number of nitrogens with zero attached hydrogens (tertiary/aromatic N) is 4. The fourth-order valence-corrected chi connectivity index (χ4v) is 4.04. The Labute approximate surface area is 167 Å². The zero-order valence-corrected chi connectivity index (χ0v) is 16.2. The van der Waals surface area contributed by atoms with Crippen LogP contribution in [0.2, 0.25) is 0 Å². The third-order valence-corrected chi connectivity index (χ3v) is 5.43. The quantitative estimate of drug-likeness (QED) is 0.524. The van der Waals surface area contributed by atoms with Crippen molar-refractivity contribution in [1.29, 1.82) is 0 Å². The van der Waals surface area contributed by atoms with Crippen molar-refractivity contribution in [2.45, 2.75) is 32.1 Å². The Morgan fingerprint density at radius 2 is 2.10 bits per heavy atom. The predicted molar refractivity (Wildman–Crippen MR) is 110 cm³/mol. The molecule has 4 heterocycles. The molecule has 1 aromatic carbocycles. The first-order valence-corrected chi connectivity index (χ1v) is 9.82. The summed E-state index contributed by atoms with van der Waals surface area (Å²) in [6.07, 6.45) is 5.62. The molecular formula is C22H22N4O3. The molecule has 1 atom stereocenters. The highest BCUT2D eigenvalue weighted by Gasteiger charge is 2.20. The third kappa shape index (κ3) is 3.12. The molecule has 0 unspecified atom stereocenters. The van der Waals surface area contributed by atoms with Crippen LogP contribution in [0.3, 0.4) is 0 Å². The standard InChI is InChI=1S/C22H22N4O3/c1-28-14-18-20(15-6-3-2-4-7-15)21-23-12-17-19(26(21)24-18)9-10-25(22(17)27)13-16-8-5-11-29-16/h2-4,6-7,9-10,12,16H,5,8,11,13-14H2,1H3/t16-/m0/s1. The first kappa shape index (κ1) is 18.0. The molecule has 1 aliphatic rings.